The average Bonchev–Trinajstić information content (AvgIpc) is 2.82. The van der Waals surface area contributed by atoms with E-state index in [1.54, 1.807) is 0 Å². The molecule has 1 aliphatic heterocycles. The van der Waals surface area contributed by atoms with Gasteiger partial charge in [0.25, 0.3) is 0 Å². The van der Waals surface area contributed by atoms with Crippen molar-refractivity contribution in [1.29, 1.82) is 0 Å². The molecule has 0 saturated carbocycles. The molecular weight excluding hydrogens is 314 g/mol. The zero-order valence-electron chi connectivity index (χ0n) is 10.6. The van der Waals surface area contributed by atoms with Crippen molar-refractivity contribution < 1.29 is 4.74 Å². The van der Waals surface area contributed by atoms with Crippen LogP contribution in [0.2, 0.25) is 5.02 Å². The summed E-state index contributed by atoms with van der Waals surface area (Å²) in [5, 5.41) is 5.42. The molecule has 1 aromatic carbocycles. The smallest absolute Gasteiger partial charge is 0.127 e. The van der Waals surface area contributed by atoms with E-state index < -0.39 is 0 Å². The van der Waals surface area contributed by atoms with Gasteiger partial charge in [-0.25, -0.2) is 0 Å². The number of fused-ring (bicyclic) bond motifs is 1. The fourth-order valence-corrected chi connectivity index (χ4v) is 3.13. The van der Waals surface area contributed by atoms with Crippen LogP contribution in [0.25, 0.3) is 0 Å². The SMILES string of the molecule is CCC(CCBr)NCc1cc(Cl)cc2c1OCC2. The van der Waals surface area contributed by atoms with E-state index in [-0.39, 0.29) is 0 Å². The maximum atomic E-state index is 6.15. The van der Waals surface area contributed by atoms with Crippen LogP contribution in [0.15, 0.2) is 12.1 Å². The minimum absolute atomic E-state index is 0.542. The molecule has 1 heterocycles. The second kappa shape index (κ2) is 6.78. The fourth-order valence-electron chi connectivity index (χ4n) is 2.31. The highest BCUT2D eigenvalue weighted by Crippen LogP contribution is 2.32. The van der Waals surface area contributed by atoms with Gasteiger partial charge in [-0.1, -0.05) is 34.5 Å². The zero-order valence-corrected chi connectivity index (χ0v) is 13.0. The largest absolute Gasteiger partial charge is 0.493 e. The maximum Gasteiger partial charge on any atom is 0.127 e. The monoisotopic (exact) mass is 331 g/mol. The van der Waals surface area contributed by atoms with Gasteiger partial charge in [-0.05, 0) is 30.5 Å². The molecule has 0 bridgehead atoms. The summed E-state index contributed by atoms with van der Waals surface area (Å²) in [7, 11) is 0. The van der Waals surface area contributed by atoms with Gasteiger partial charge in [0.1, 0.15) is 5.75 Å². The number of hydrogen-bond acceptors (Lipinski definition) is 2. The van der Waals surface area contributed by atoms with Crippen molar-refractivity contribution >= 4 is 27.5 Å². The standard InChI is InChI=1S/C14H19BrClNO/c1-2-13(3-5-15)17-9-11-8-12(16)7-10-4-6-18-14(10)11/h7-8,13,17H,2-6,9H2,1H3. The van der Waals surface area contributed by atoms with E-state index in [0.717, 1.165) is 48.5 Å². The quantitative estimate of drug-likeness (QED) is 0.797. The summed E-state index contributed by atoms with van der Waals surface area (Å²) in [5.41, 5.74) is 2.43. The molecule has 0 amide bonds. The fraction of sp³-hybridized carbons (Fsp3) is 0.571. The van der Waals surface area contributed by atoms with Crippen LogP contribution in [0.1, 0.15) is 30.9 Å². The van der Waals surface area contributed by atoms with Gasteiger partial charge in [-0.15, -0.1) is 0 Å². The lowest BCUT2D eigenvalue weighted by atomic mass is 10.1. The summed E-state index contributed by atoms with van der Waals surface area (Å²) in [6, 6.07) is 4.57. The molecule has 1 N–H and O–H groups in total. The van der Waals surface area contributed by atoms with Gasteiger partial charge in [0, 0.05) is 34.9 Å². The van der Waals surface area contributed by atoms with Gasteiger partial charge in [0.2, 0.25) is 0 Å². The van der Waals surface area contributed by atoms with E-state index >= 15 is 0 Å². The minimum atomic E-state index is 0.542. The molecule has 1 atom stereocenters. The van der Waals surface area contributed by atoms with Gasteiger partial charge >= 0.3 is 0 Å². The van der Waals surface area contributed by atoms with E-state index in [9.17, 15) is 0 Å². The van der Waals surface area contributed by atoms with Crippen LogP contribution in [0.3, 0.4) is 0 Å². The summed E-state index contributed by atoms with van der Waals surface area (Å²) in [5.74, 6) is 1.04. The van der Waals surface area contributed by atoms with Gasteiger partial charge in [0.15, 0.2) is 0 Å². The predicted molar refractivity (Wildman–Crippen MR) is 80.0 cm³/mol. The Morgan fingerprint density at radius 2 is 2.33 bits per heavy atom. The van der Waals surface area contributed by atoms with E-state index in [1.165, 1.54) is 11.1 Å². The molecule has 0 radical (unpaired) electrons. The lowest BCUT2D eigenvalue weighted by molar-refractivity contribution is 0.351. The summed E-state index contributed by atoms with van der Waals surface area (Å²) >= 11 is 9.64. The third kappa shape index (κ3) is 3.40. The van der Waals surface area contributed by atoms with Crippen LogP contribution in [0.4, 0.5) is 0 Å². The lowest BCUT2D eigenvalue weighted by Gasteiger charge is -2.17. The molecule has 0 saturated heterocycles. The van der Waals surface area contributed by atoms with Crippen molar-refractivity contribution in [2.45, 2.75) is 38.8 Å². The van der Waals surface area contributed by atoms with Crippen molar-refractivity contribution in [3.63, 3.8) is 0 Å². The Kier molecular flexibility index (Phi) is 5.34. The number of ether oxygens (including phenoxy) is 1. The number of nitrogens with one attached hydrogen (secondary N) is 1. The zero-order chi connectivity index (χ0) is 13.0. The molecule has 4 heteroatoms. The maximum absolute atomic E-state index is 6.15. The minimum Gasteiger partial charge on any atom is -0.493 e. The highest BCUT2D eigenvalue weighted by atomic mass is 79.9. The Morgan fingerprint density at radius 3 is 3.06 bits per heavy atom. The van der Waals surface area contributed by atoms with E-state index in [1.807, 2.05) is 12.1 Å². The molecule has 1 aliphatic rings. The Morgan fingerprint density at radius 1 is 1.50 bits per heavy atom. The summed E-state index contributed by atoms with van der Waals surface area (Å²) in [6.45, 7) is 3.81. The number of halogens is 2. The second-order valence-corrected chi connectivity index (χ2v) is 5.84. The Hall–Kier alpha value is -0.250. The molecule has 18 heavy (non-hydrogen) atoms. The molecule has 0 aromatic heterocycles. The van der Waals surface area contributed by atoms with Crippen LogP contribution in [0.5, 0.6) is 5.75 Å². The molecule has 1 aromatic rings. The number of rotatable bonds is 6. The van der Waals surface area contributed by atoms with Crippen molar-refractivity contribution in [2.75, 3.05) is 11.9 Å². The van der Waals surface area contributed by atoms with Crippen molar-refractivity contribution in [3.05, 3.63) is 28.3 Å². The van der Waals surface area contributed by atoms with Crippen LogP contribution in [-0.4, -0.2) is 18.0 Å². The van der Waals surface area contributed by atoms with Crippen LogP contribution < -0.4 is 10.1 Å². The first-order valence-electron chi connectivity index (χ1n) is 6.48. The van der Waals surface area contributed by atoms with Gasteiger partial charge in [0.05, 0.1) is 6.61 Å². The van der Waals surface area contributed by atoms with Gasteiger partial charge < -0.3 is 10.1 Å². The molecule has 0 fully saturated rings. The van der Waals surface area contributed by atoms with Crippen molar-refractivity contribution in [3.8, 4) is 5.75 Å². The molecule has 0 spiro atoms. The normalized spacial score (nSPS) is 15.3. The third-order valence-corrected chi connectivity index (χ3v) is 4.03. The van der Waals surface area contributed by atoms with Crippen molar-refractivity contribution in [1.82, 2.24) is 5.32 Å². The first kappa shape index (κ1) is 14.2. The highest BCUT2D eigenvalue weighted by molar-refractivity contribution is 9.09. The molecule has 100 valence electrons. The Labute approximate surface area is 122 Å². The van der Waals surface area contributed by atoms with Crippen LogP contribution in [0, 0.1) is 0 Å². The first-order valence-corrected chi connectivity index (χ1v) is 7.98. The molecule has 2 nitrogen and oxygen atoms in total. The van der Waals surface area contributed by atoms with E-state index in [4.69, 9.17) is 16.3 Å². The number of alkyl halides is 1. The molecule has 0 aliphatic carbocycles. The Bertz CT molecular complexity index is 411. The number of benzene rings is 1. The highest BCUT2D eigenvalue weighted by Gasteiger charge is 2.18. The summed E-state index contributed by atoms with van der Waals surface area (Å²) < 4.78 is 5.70. The molecule has 1 unspecified atom stereocenters. The Balaban J connectivity index is 2.05. The van der Waals surface area contributed by atoms with E-state index in [0.29, 0.717) is 6.04 Å². The number of hydrogen-bond donors (Lipinski definition) is 1. The molecular formula is C14H19BrClNO. The molecule has 2 rings (SSSR count). The van der Waals surface area contributed by atoms with Crippen molar-refractivity contribution in [2.24, 2.45) is 0 Å². The third-order valence-electron chi connectivity index (χ3n) is 3.36. The summed E-state index contributed by atoms with van der Waals surface area (Å²) in [6.07, 6.45) is 3.25. The predicted octanol–water partition coefficient (Wildman–Crippen LogP) is 3.93. The first-order chi connectivity index (χ1) is 8.74. The topological polar surface area (TPSA) is 21.3 Å². The van der Waals surface area contributed by atoms with Gasteiger partial charge in [-0.3, -0.25) is 0 Å². The van der Waals surface area contributed by atoms with Crippen LogP contribution in [-0.2, 0) is 13.0 Å². The van der Waals surface area contributed by atoms with Crippen LogP contribution >= 0.6 is 27.5 Å². The average molecular weight is 333 g/mol. The van der Waals surface area contributed by atoms with E-state index in [2.05, 4.69) is 28.2 Å². The van der Waals surface area contributed by atoms with Gasteiger partial charge in [-0.2, -0.15) is 0 Å². The second-order valence-electron chi connectivity index (χ2n) is 4.62. The lowest BCUT2D eigenvalue weighted by Crippen LogP contribution is -2.28. The summed E-state index contributed by atoms with van der Waals surface area (Å²) in [4.78, 5) is 0.